The van der Waals surface area contributed by atoms with Gasteiger partial charge >= 0.3 is 6.01 Å². The number of nitrogens with one attached hydrogen (secondary N) is 1. The smallest absolute Gasteiger partial charge is 0.316 e. The number of rotatable bonds is 7. The average Bonchev–Trinajstić information content (AvgIpc) is 2.66. The van der Waals surface area contributed by atoms with Crippen molar-refractivity contribution >= 4 is 5.69 Å². The van der Waals surface area contributed by atoms with Gasteiger partial charge in [0.2, 0.25) is 0 Å². The van der Waals surface area contributed by atoms with E-state index in [1.807, 2.05) is 37.3 Å². The molecule has 1 aromatic carbocycles. The molecule has 0 atom stereocenters. The molecule has 128 valence electrons. The SMILES string of the molecule is COc1nc(C)cc(CNc2ccc(OCc3cnccn3)cc2)n1. The maximum atomic E-state index is 5.69. The van der Waals surface area contributed by atoms with Gasteiger partial charge in [-0.1, -0.05) is 0 Å². The van der Waals surface area contributed by atoms with Gasteiger partial charge in [0, 0.05) is 23.8 Å². The predicted molar refractivity (Wildman–Crippen MR) is 93.5 cm³/mol. The van der Waals surface area contributed by atoms with Crippen LogP contribution in [0.5, 0.6) is 11.8 Å². The number of aromatic nitrogens is 4. The zero-order valence-electron chi connectivity index (χ0n) is 14.1. The van der Waals surface area contributed by atoms with Crippen LogP contribution in [0, 0.1) is 6.92 Å². The fourth-order valence-corrected chi connectivity index (χ4v) is 2.21. The number of hydrogen-bond acceptors (Lipinski definition) is 7. The quantitative estimate of drug-likeness (QED) is 0.710. The van der Waals surface area contributed by atoms with Crippen LogP contribution in [0.15, 0.2) is 48.9 Å². The number of benzene rings is 1. The summed E-state index contributed by atoms with van der Waals surface area (Å²) in [6.45, 7) is 2.89. The molecule has 0 bridgehead atoms. The number of nitrogens with zero attached hydrogens (tertiary/aromatic N) is 4. The lowest BCUT2D eigenvalue weighted by atomic mass is 10.3. The highest BCUT2D eigenvalue weighted by molar-refractivity contribution is 5.46. The van der Waals surface area contributed by atoms with Crippen LogP contribution in [0.2, 0.25) is 0 Å². The van der Waals surface area contributed by atoms with E-state index in [2.05, 4.69) is 25.3 Å². The normalized spacial score (nSPS) is 10.3. The van der Waals surface area contributed by atoms with Crippen LogP contribution in [0.3, 0.4) is 0 Å². The molecule has 0 saturated carbocycles. The van der Waals surface area contributed by atoms with Crippen molar-refractivity contribution in [1.29, 1.82) is 0 Å². The molecule has 0 radical (unpaired) electrons. The number of methoxy groups -OCH3 is 1. The molecular weight excluding hydrogens is 318 g/mol. The Hall–Kier alpha value is -3.22. The van der Waals surface area contributed by atoms with E-state index >= 15 is 0 Å². The number of ether oxygens (including phenoxy) is 2. The summed E-state index contributed by atoms with van der Waals surface area (Å²) in [5.41, 5.74) is 3.50. The Morgan fingerprint density at radius 3 is 2.60 bits per heavy atom. The van der Waals surface area contributed by atoms with Crippen molar-refractivity contribution in [3.05, 3.63) is 66.0 Å². The minimum absolute atomic E-state index is 0.379. The molecule has 0 aliphatic carbocycles. The second kappa shape index (κ2) is 8.05. The summed E-state index contributed by atoms with van der Waals surface area (Å²) in [6, 6.07) is 10.0. The molecule has 0 amide bonds. The largest absolute Gasteiger partial charge is 0.487 e. The lowest BCUT2D eigenvalue weighted by Gasteiger charge is -2.09. The van der Waals surface area contributed by atoms with Crippen LogP contribution < -0.4 is 14.8 Å². The van der Waals surface area contributed by atoms with Crippen LogP contribution in [-0.4, -0.2) is 27.0 Å². The van der Waals surface area contributed by atoms with Gasteiger partial charge in [0.1, 0.15) is 12.4 Å². The summed E-state index contributed by atoms with van der Waals surface area (Å²) < 4.78 is 10.8. The zero-order valence-corrected chi connectivity index (χ0v) is 14.1. The van der Waals surface area contributed by atoms with E-state index in [1.165, 1.54) is 0 Å². The first-order valence-corrected chi connectivity index (χ1v) is 7.83. The van der Waals surface area contributed by atoms with E-state index < -0.39 is 0 Å². The van der Waals surface area contributed by atoms with Gasteiger partial charge in [-0.3, -0.25) is 9.97 Å². The predicted octanol–water partition coefficient (Wildman–Crippen LogP) is 2.77. The molecule has 2 heterocycles. The van der Waals surface area contributed by atoms with Crippen LogP contribution in [-0.2, 0) is 13.2 Å². The van der Waals surface area contributed by atoms with E-state index in [-0.39, 0.29) is 0 Å². The summed E-state index contributed by atoms with van der Waals surface area (Å²) in [5.74, 6) is 0.774. The molecule has 3 aromatic rings. The Kier molecular flexibility index (Phi) is 5.36. The second-order valence-corrected chi connectivity index (χ2v) is 5.35. The minimum atomic E-state index is 0.379. The number of hydrogen-bond donors (Lipinski definition) is 1. The van der Waals surface area contributed by atoms with Gasteiger partial charge in [0.05, 0.1) is 31.2 Å². The van der Waals surface area contributed by atoms with Crippen LogP contribution in [0.1, 0.15) is 17.1 Å². The van der Waals surface area contributed by atoms with Gasteiger partial charge in [-0.15, -0.1) is 0 Å². The molecule has 0 spiro atoms. The molecule has 7 heteroatoms. The lowest BCUT2D eigenvalue weighted by molar-refractivity contribution is 0.301. The van der Waals surface area contributed by atoms with Crippen LogP contribution >= 0.6 is 0 Å². The lowest BCUT2D eigenvalue weighted by Crippen LogP contribution is -2.05. The van der Waals surface area contributed by atoms with Crippen LogP contribution in [0.4, 0.5) is 5.69 Å². The first kappa shape index (κ1) is 16.6. The summed E-state index contributed by atoms with van der Waals surface area (Å²) >= 11 is 0. The Morgan fingerprint density at radius 1 is 1.04 bits per heavy atom. The summed E-state index contributed by atoms with van der Waals surface area (Å²) in [6.07, 6.45) is 4.97. The topological polar surface area (TPSA) is 82.0 Å². The van der Waals surface area contributed by atoms with Gasteiger partial charge in [-0.25, -0.2) is 4.98 Å². The third kappa shape index (κ3) is 4.87. The van der Waals surface area contributed by atoms with Crippen molar-refractivity contribution in [3.8, 4) is 11.8 Å². The van der Waals surface area contributed by atoms with Crippen molar-refractivity contribution in [2.24, 2.45) is 0 Å². The number of anilines is 1. The molecule has 7 nitrogen and oxygen atoms in total. The molecular formula is C18H19N5O2. The zero-order chi connectivity index (χ0) is 17.5. The van der Waals surface area contributed by atoms with Gasteiger partial charge in [-0.05, 0) is 37.3 Å². The third-order valence-corrected chi connectivity index (χ3v) is 3.40. The molecule has 3 rings (SSSR count). The highest BCUT2D eigenvalue weighted by Gasteiger charge is 2.03. The van der Waals surface area contributed by atoms with Crippen molar-refractivity contribution in [3.63, 3.8) is 0 Å². The number of aryl methyl sites for hydroxylation is 1. The Morgan fingerprint density at radius 2 is 1.88 bits per heavy atom. The molecule has 0 aliphatic heterocycles. The molecule has 2 aromatic heterocycles. The average molecular weight is 337 g/mol. The van der Waals surface area contributed by atoms with Crippen molar-refractivity contribution in [2.45, 2.75) is 20.1 Å². The van der Waals surface area contributed by atoms with Crippen molar-refractivity contribution in [2.75, 3.05) is 12.4 Å². The van der Waals surface area contributed by atoms with Gasteiger partial charge in [0.15, 0.2) is 0 Å². The standard InChI is InChI=1S/C18H19N5O2/c1-13-9-15(23-18(22-13)24-2)11-21-14-3-5-17(6-4-14)25-12-16-10-19-7-8-20-16/h3-10,21H,11-12H2,1-2H3. The first-order chi connectivity index (χ1) is 12.2. The Labute approximate surface area is 146 Å². The van der Waals surface area contributed by atoms with E-state index in [1.54, 1.807) is 25.7 Å². The third-order valence-electron chi connectivity index (χ3n) is 3.40. The highest BCUT2D eigenvalue weighted by atomic mass is 16.5. The van der Waals surface area contributed by atoms with Gasteiger partial charge in [-0.2, -0.15) is 4.98 Å². The fourth-order valence-electron chi connectivity index (χ4n) is 2.21. The first-order valence-electron chi connectivity index (χ1n) is 7.83. The van der Waals surface area contributed by atoms with E-state index in [4.69, 9.17) is 9.47 Å². The van der Waals surface area contributed by atoms with E-state index in [0.29, 0.717) is 19.2 Å². The molecule has 0 fully saturated rings. The van der Waals surface area contributed by atoms with Crippen molar-refractivity contribution in [1.82, 2.24) is 19.9 Å². The Bertz CT molecular complexity index is 809. The van der Waals surface area contributed by atoms with Gasteiger partial charge < -0.3 is 14.8 Å². The summed E-state index contributed by atoms with van der Waals surface area (Å²) in [4.78, 5) is 16.7. The summed E-state index contributed by atoms with van der Waals surface area (Å²) in [5, 5.41) is 3.32. The van der Waals surface area contributed by atoms with E-state index in [0.717, 1.165) is 28.5 Å². The van der Waals surface area contributed by atoms with Crippen molar-refractivity contribution < 1.29 is 9.47 Å². The highest BCUT2D eigenvalue weighted by Crippen LogP contribution is 2.17. The van der Waals surface area contributed by atoms with E-state index in [9.17, 15) is 0 Å². The monoisotopic (exact) mass is 337 g/mol. The van der Waals surface area contributed by atoms with Crippen LogP contribution in [0.25, 0.3) is 0 Å². The summed E-state index contributed by atoms with van der Waals surface area (Å²) in [7, 11) is 1.56. The van der Waals surface area contributed by atoms with Gasteiger partial charge in [0.25, 0.3) is 0 Å². The second-order valence-electron chi connectivity index (χ2n) is 5.35. The molecule has 0 saturated heterocycles. The molecule has 25 heavy (non-hydrogen) atoms. The minimum Gasteiger partial charge on any atom is -0.487 e. The molecule has 1 N–H and O–H groups in total. The Balaban J connectivity index is 1.55. The maximum absolute atomic E-state index is 5.69. The molecule has 0 aliphatic rings. The fraction of sp³-hybridized carbons (Fsp3) is 0.222. The maximum Gasteiger partial charge on any atom is 0.316 e. The molecule has 0 unspecified atom stereocenters.